The molecular formula is C14H25N3S. The van der Waals surface area contributed by atoms with Crippen molar-refractivity contribution in [3.63, 3.8) is 0 Å². The number of thiophene rings is 1. The highest BCUT2D eigenvalue weighted by Gasteiger charge is 2.21. The van der Waals surface area contributed by atoms with E-state index in [1.807, 2.05) is 11.3 Å². The molecule has 1 aromatic rings. The molecule has 1 aromatic heterocycles. The van der Waals surface area contributed by atoms with Crippen molar-refractivity contribution in [3.8, 4) is 0 Å². The van der Waals surface area contributed by atoms with Gasteiger partial charge < -0.3 is 10.6 Å². The van der Waals surface area contributed by atoms with Gasteiger partial charge in [-0.25, -0.2) is 0 Å². The first-order valence-corrected chi connectivity index (χ1v) is 7.74. The second kappa shape index (κ2) is 6.66. The summed E-state index contributed by atoms with van der Waals surface area (Å²) in [7, 11) is 0. The minimum atomic E-state index is 0.248. The van der Waals surface area contributed by atoms with Crippen molar-refractivity contribution < 1.29 is 0 Å². The van der Waals surface area contributed by atoms with E-state index in [0.717, 1.165) is 26.2 Å². The van der Waals surface area contributed by atoms with Gasteiger partial charge in [-0.15, -0.1) is 11.3 Å². The number of piperazine rings is 1. The van der Waals surface area contributed by atoms with Gasteiger partial charge in [-0.3, -0.25) is 4.90 Å². The van der Waals surface area contributed by atoms with Crippen LogP contribution < -0.4 is 10.6 Å². The molecule has 1 fully saturated rings. The quantitative estimate of drug-likeness (QED) is 0.765. The van der Waals surface area contributed by atoms with Crippen molar-refractivity contribution >= 4 is 11.3 Å². The smallest absolute Gasteiger partial charge is 0.0115 e. The van der Waals surface area contributed by atoms with Crippen LogP contribution in [0.4, 0.5) is 0 Å². The zero-order valence-electron chi connectivity index (χ0n) is 11.5. The molecule has 0 atom stereocenters. The molecule has 0 unspecified atom stereocenters. The molecule has 4 heteroatoms. The van der Waals surface area contributed by atoms with E-state index in [1.165, 1.54) is 24.5 Å². The third kappa shape index (κ3) is 4.05. The minimum Gasteiger partial charge on any atom is -0.315 e. The molecule has 2 heterocycles. The number of rotatable bonds is 6. The van der Waals surface area contributed by atoms with Crippen molar-refractivity contribution in [1.82, 2.24) is 15.5 Å². The fraction of sp³-hybridized carbons (Fsp3) is 0.714. The highest BCUT2D eigenvalue weighted by Crippen LogP contribution is 2.26. The normalized spacial score (nSPS) is 18.1. The fourth-order valence-corrected chi connectivity index (χ4v) is 3.18. The van der Waals surface area contributed by atoms with Gasteiger partial charge in [0.2, 0.25) is 0 Å². The Balaban J connectivity index is 1.65. The fourth-order valence-electron chi connectivity index (χ4n) is 2.32. The molecule has 0 bridgehead atoms. The van der Waals surface area contributed by atoms with Crippen molar-refractivity contribution in [1.29, 1.82) is 0 Å². The Labute approximate surface area is 115 Å². The Bertz CT molecular complexity index is 329. The monoisotopic (exact) mass is 267 g/mol. The molecule has 1 aliphatic rings. The summed E-state index contributed by atoms with van der Waals surface area (Å²) in [6.45, 7) is 12.6. The third-order valence-electron chi connectivity index (χ3n) is 3.57. The van der Waals surface area contributed by atoms with Crippen LogP contribution in [0.1, 0.15) is 18.7 Å². The molecule has 3 nitrogen and oxygen atoms in total. The molecule has 2 rings (SSSR count). The van der Waals surface area contributed by atoms with E-state index in [0.29, 0.717) is 0 Å². The highest BCUT2D eigenvalue weighted by atomic mass is 32.1. The summed E-state index contributed by atoms with van der Waals surface area (Å²) in [5, 5.41) is 9.16. The number of hydrogen-bond acceptors (Lipinski definition) is 4. The molecular weight excluding hydrogens is 242 g/mol. The third-order valence-corrected chi connectivity index (χ3v) is 4.81. The first-order valence-electron chi connectivity index (χ1n) is 6.86. The van der Waals surface area contributed by atoms with Gasteiger partial charge >= 0.3 is 0 Å². The van der Waals surface area contributed by atoms with Gasteiger partial charge in [0.05, 0.1) is 0 Å². The first-order chi connectivity index (χ1) is 8.68. The summed E-state index contributed by atoms with van der Waals surface area (Å²) in [6.07, 6.45) is 0. The van der Waals surface area contributed by atoms with Gasteiger partial charge in [-0.2, -0.15) is 0 Å². The highest BCUT2D eigenvalue weighted by molar-refractivity contribution is 7.10. The summed E-state index contributed by atoms with van der Waals surface area (Å²) < 4.78 is 0. The molecule has 18 heavy (non-hydrogen) atoms. The summed E-state index contributed by atoms with van der Waals surface area (Å²) in [4.78, 5) is 4.00. The second-order valence-electron chi connectivity index (χ2n) is 5.63. The second-order valence-corrected chi connectivity index (χ2v) is 6.58. The van der Waals surface area contributed by atoms with Crippen molar-refractivity contribution in [2.24, 2.45) is 0 Å². The van der Waals surface area contributed by atoms with Gasteiger partial charge in [-0.05, 0) is 11.4 Å². The zero-order valence-corrected chi connectivity index (χ0v) is 12.4. The molecule has 0 amide bonds. The Morgan fingerprint density at radius 3 is 2.83 bits per heavy atom. The SMILES string of the molecule is CC(C)(CNCCN1CCNCC1)c1cccs1. The number of nitrogens with one attached hydrogen (secondary N) is 2. The molecule has 1 aliphatic heterocycles. The maximum atomic E-state index is 3.61. The molecule has 2 N–H and O–H groups in total. The maximum absolute atomic E-state index is 3.61. The van der Waals surface area contributed by atoms with E-state index >= 15 is 0 Å². The van der Waals surface area contributed by atoms with Gasteiger partial charge in [0.25, 0.3) is 0 Å². The molecule has 0 aliphatic carbocycles. The molecule has 0 aromatic carbocycles. The first kappa shape index (κ1) is 14.0. The maximum Gasteiger partial charge on any atom is 0.0115 e. The molecule has 0 spiro atoms. The van der Waals surface area contributed by atoms with E-state index in [-0.39, 0.29) is 5.41 Å². The Kier molecular flexibility index (Phi) is 5.18. The van der Waals surface area contributed by atoms with Crippen LogP contribution in [0.3, 0.4) is 0 Å². The van der Waals surface area contributed by atoms with Crippen LogP contribution in [0.2, 0.25) is 0 Å². The van der Waals surface area contributed by atoms with E-state index in [9.17, 15) is 0 Å². The van der Waals surface area contributed by atoms with E-state index < -0.39 is 0 Å². The van der Waals surface area contributed by atoms with Gasteiger partial charge in [0, 0.05) is 56.1 Å². The lowest BCUT2D eigenvalue weighted by atomic mass is 9.91. The lowest BCUT2D eigenvalue weighted by molar-refractivity contribution is 0.239. The topological polar surface area (TPSA) is 27.3 Å². The molecule has 1 saturated heterocycles. The molecule has 102 valence electrons. The van der Waals surface area contributed by atoms with E-state index in [2.05, 4.69) is 46.9 Å². The van der Waals surface area contributed by atoms with Crippen LogP contribution in [0.25, 0.3) is 0 Å². The molecule has 0 radical (unpaired) electrons. The summed E-state index contributed by atoms with van der Waals surface area (Å²) in [5.74, 6) is 0. The van der Waals surface area contributed by atoms with Crippen LogP contribution >= 0.6 is 11.3 Å². The lowest BCUT2D eigenvalue weighted by Crippen LogP contribution is -2.46. The van der Waals surface area contributed by atoms with Crippen LogP contribution in [0.5, 0.6) is 0 Å². The zero-order chi connectivity index (χ0) is 12.8. The van der Waals surface area contributed by atoms with Crippen molar-refractivity contribution in [3.05, 3.63) is 22.4 Å². The minimum absolute atomic E-state index is 0.248. The number of hydrogen-bond donors (Lipinski definition) is 2. The van der Waals surface area contributed by atoms with Gasteiger partial charge in [-0.1, -0.05) is 19.9 Å². The summed E-state index contributed by atoms with van der Waals surface area (Å²) >= 11 is 1.86. The Morgan fingerprint density at radius 1 is 1.39 bits per heavy atom. The Morgan fingerprint density at radius 2 is 2.17 bits per heavy atom. The Hall–Kier alpha value is -0.420. The van der Waals surface area contributed by atoms with Crippen molar-refractivity contribution in [2.75, 3.05) is 45.8 Å². The average molecular weight is 267 g/mol. The number of nitrogens with zero attached hydrogens (tertiary/aromatic N) is 1. The average Bonchev–Trinajstić information content (AvgIpc) is 2.91. The van der Waals surface area contributed by atoms with E-state index in [1.54, 1.807) is 0 Å². The standard InChI is InChI=1S/C14H25N3S/c1-14(2,13-4-3-11-18-13)12-16-7-10-17-8-5-15-6-9-17/h3-4,11,15-16H,5-10,12H2,1-2H3. The van der Waals surface area contributed by atoms with Gasteiger partial charge in [0.1, 0.15) is 0 Å². The summed E-state index contributed by atoms with van der Waals surface area (Å²) in [6, 6.07) is 4.38. The summed E-state index contributed by atoms with van der Waals surface area (Å²) in [5.41, 5.74) is 0.248. The van der Waals surface area contributed by atoms with Crippen LogP contribution in [0, 0.1) is 0 Å². The van der Waals surface area contributed by atoms with E-state index in [4.69, 9.17) is 0 Å². The van der Waals surface area contributed by atoms with Gasteiger partial charge in [0.15, 0.2) is 0 Å². The largest absolute Gasteiger partial charge is 0.315 e. The van der Waals surface area contributed by atoms with Crippen molar-refractivity contribution in [2.45, 2.75) is 19.3 Å². The lowest BCUT2D eigenvalue weighted by Gasteiger charge is -2.28. The van der Waals surface area contributed by atoms with Crippen LogP contribution in [-0.4, -0.2) is 50.7 Å². The van der Waals surface area contributed by atoms with Crippen LogP contribution in [-0.2, 0) is 5.41 Å². The predicted molar refractivity (Wildman–Crippen MR) is 79.5 cm³/mol. The molecule has 0 saturated carbocycles. The predicted octanol–water partition coefficient (Wildman–Crippen LogP) is 1.52. The van der Waals surface area contributed by atoms with Crippen LogP contribution in [0.15, 0.2) is 17.5 Å².